The van der Waals surface area contributed by atoms with Crippen LogP contribution >= 0.6 is 11.8 Å². The van der Waals surface area contributed by atoms with Crippen LogP contribution in [-0.4, -0.2) is 13.7 Å². The van der Waals surface area contributed by atoms with E-state index in [2.05, 4.69) is 6.07 Å². The van der Waals surface area contributed by atoms with Crippen LogP contribution in [0.1, 0.15) is 12.5 Å². The summed E-state index contributed by atoms with van der Waals surface area (Å²) in [7, 11) is 1.68. The molecule has 0 aromatic heterocycles. The van der Waals surface area contributed by atoms with Gasteiger partial charge in [-0.25, -0.2) is 0 Å². The predicted octanol–water partition coefficient (Wildman–Crippen LogP) is 3.97. The number of thioether (sulfide) groups is 1. The van der Waals surface area contributed by atoms with Crippen molar-refractivity contribution in [2.75, 3.05) is 19.5 Å². The number of hydrogen-bond acceptors (Lipinski definition) is 4. The second-order valence-corrected chi connectivity index (χ2v) is 5.29. The lowest BCUT2D eigenvalue weighted by atomic mass is 10.2. The van der Waals surface area contributed by atoms with Crippen molar-refractivity contribution in [3.05, 3.63) is 48.0 Å². The molecule has 4 heteroatoms. The fourth-order valence-corrected chi connectivity index (χ4v) is 2.76. The molecule has 0 fully saturated rings. The molecule has 3 nitrogen and oxygen atoms in total. The molecule has 2 rings (SSSR count). The first-order valence-electron chi connectivity index (χ1n) is 6.51. The summed E-state index contributed by atoms with van der Waals surface area (Å²) in [5, 5.41) is 0. The van der Waals surface area contributed by atoms with Gasteiger partial charge in [0.25, 0.3) is 0 Å². The monoisotopic (exact) mass is 289 g/mol. The third-order valence-electron chi connectivity index (χ3n) is 2.82. The summed E-state index contributed by atoms with van der Waals surface area (Å²) in [6, 6.07) is 13.8. The smallest absolute Gasteiger partial charge is 0.120 e. The molecule has 0 aliphatic carbocycles. The number of nitrogen functional groups attached to an aromatic ring is 1. The van der Waals surface area contributed by atoms with Crippen molar-refractivity contribution in [3.63, 3.8) is 0 Å². The van der Waals surface area contributed by atoms with E-state index in [0.717, 1.165) is 27.8 Å². The van der Waals surface area contributed by atoms with Crippen LogP contribution in [0.3, 0.4) is 0 Å². The van der Waals surface area contributed by atoms with Gasteiger partial charge in [0.1, 0.15) is 11.5 Å². The molecular weight excluding hydrogens is 270 g/mol. The standard InChI is InChI=1S/C16H19NO2S/c1-3-19-14-7-8-15(17)16(10-14)20-11-12-5-4-6-13(9-12)18-2/h4-10H,3,11,17H2,1-2H3. The zero-order chi connectivity index (χ0) is 14.4. The van der Waals surface area contributed by atoms with Crippen LogP contribution in [0.15, 0.2) is 47.4 Å². The number of rotatable bonds is 6. The van der Waals surface area contributed by atoms with E-state index in [-0.39, 0.29) is 0 Å². The molecule has 0 radical (unpaired) electrons. The lowest BCUT2D eigenvalue weighted by Gasteiger charge is -2.09. The van der Waals surface area contributed by atoms with Crippen molar-refractivity contribution >= 4 is 17.4 Å². The third-order valence-corrected chi connectivity index (χ3v) is 3.97. The molecular formula is C16H19NO2S. The van der Waals surface area contributed by atoms with Gasteiger partial charge >= 0.3 is 0 Å². The van der Waals surface area contributed by atoms with Gasteiger partial charge in [0.15, 0.2) is 0 Å². The summed E-state index contributed by atoms with van der Waals surface area (Å²) in [6.45, 7) is 2.63. The molecule has 0 saturated heterocycles. The van der Waals surface area contributed by atoms with E-state index in [1.54, 1.807) is 18.9 Å². The van der Waals surface area contributed by atoms with E-state index < -0.39 is 0 Å². The van der Waals surface area contributed by atoms with Crippen molar-refractivity contribution in [1.29, 1.82) is 0 Å². The summed E-state index contributed by atoms with van der Waals surface area (Å²) in [6.07, 6.45) is 0. The Balaban J connectivity index is 2.07. The first kappa shape index (κ1) is 14.6. The molecule has 0 unspecified atom stereocenters. The van der Waals surface area contributed by atoms with E-state index in [9.17, 15) is 0 Å². The maximum absolute atomic E-state index is 6.00. The minimum atomic E-state index is 0.657. The van der Waals surface area contributed by atoms with Gasteiger partial charge in [-0.2, -0.15) is 0 Å². The topological polar surface area (TPSA) is 44.5 Å². The van der Waals surface area contributed by atoms with Crippen LogP contribution in [0.25, 0.3) is 0 Å². The summed E-state index contributed by atoms with van der Waals surface area (Å²) in [5.74, 6) is 2.57. The second kappa shape index (κ2) is 7.10. The lowest BCUT2D eigenvalue weighted by molar-refractivity contribution is 0.339. The average Bonchev–Trinajstić information content (AvgIpc) is 2.48. The Morgan fingerprint density at radius 3 is 2.70 bits per heavy atom. The highest BCUT2D eigenvalue weighted by molar-refractivity contribution is 7.98. The van der Waals surface area contributed by atoms with Crippen LogP contribution in [0.5, 0.6) is 11.5 Å². The number of methoxy groups -OCH3 is 1. The van der Waals surface area contributed by atoms with Crippen molar-refractivity contribution in [2.45, 2.75) is 17.6 Å². The summed E-state index contributed by atoms with van der Waals surface area (Å²) < 4.78 is 10.7. The fraction of sp³-hybridized carbons (Fsp3) is 0.250. The van der Waals surface area contributed by atoms with Crippen molar-refractivity contribution in [1.82, 2.24) is 0 Å². The molecule has 0 aliphatic heterocycles. The zero-order valence-electron chi connectivity index (χ0n) is 11.8. The molecule has 2 aromatic carbocycles. The van der Waals surface area contributed by atoms with Gasteiger partial charge in [0.2, 0.25) is 0 Å². The number of nitrogens with two attached hydrogens (primary N) is 1. The summed E-state index contributed by atoms with van der Waals surface area (Å²) >= 11 is 1.70. The summed E-state index contributed by atoms with van der Waals surface area (Å²) in [5.41, 5.74) is 7.99. The quantitative estimate of drug-likeness (QED) is 0.645. The van der Waals surface area contributed by atoms with Crippen molar-refractivity contribution in [2.24, 2.45) is 0 Å². The Bertz CT molecular complexity index is 572. The molecule has 20 heavy (non-hydrogen) atoms. The Morgan fingerprint density at radius 1 is 1.10 bits per heavy atom. The molecule has 106 valence electrons. The van der Waals surface area contributed by atoms with E-state index >= 15 is 0 Å². The first-order chi connectivity index (χ1) is 9.72. The van der Waals surface area contributed by atoms with E-state index in [4.69, 9.17) is 15.2 Å². The largest absolute Gasteiger partial charge is 0.497 e. The van der Waals surface area contributed by atoms with Gasteiger partial charge in [0, 0.05) is 16.3 Å². The van der Waals surface area contributed by atoms with E-state index in [0.29, 0.717) is 6.61 Å². The molecule has 0 spiro atoms. The minimum absolute atomic E-state index is 0.657. The number of benzene rings is 2. The Morgan fingerprint density at radius 2 is 1.95 bits per heavy atom. The molecule has 0 bridgehead atoms. The van der Waals surface area contributed by atoms with Crippen LogP contribution in [-0.2, 0) is 5.75 Å². The Hall–Kier alpha value is -1.81. The van der Waals surface area contributed by atoms with Gasteiger partial charge < -0.3 is 15.2 Å². The van der Waals surface area contributed by atoms with E-state index in [1.807, 2.05) is 43.3 Å². The molecule has 2 aromatic rings. The lowest BCUT2D eigenvalue weighted by Crippen LogP contribution is -1.94. The molecule has 0 aliphatic rings. The molecule has 0 atom stereocenters. The number of anilines is 1. The maximum Gasteiger partial charge on any atom is 0.120 e. The van der Waals surface area contributed by atoms with Crippen molar-refractivity contribution < 1.29 is 9.47 Å². The van der Waals surface area contributed by atoms with Gasteiger partial charge in [-0.3, -0.25) is 0 Å². The van der Waals surface area contributed by atoms with Crippen LogP contribution < -0.4 is 15.2 Å². The first-order valence-corrected chi connectivity index (χ1v) is 7.49. The second-order valence-electron chi connectivity index (χ2n) is 4.27. The molecule has 2 N–H and O–H groups in total. The normalized spacial score (nSPS) is 10.3. The molecule has 0 saturated carbocycles. The van der Waals surface area contributed by atoms with Gasteiger partial charge in [-0.15, -0.1) is 11.8 Å². The molecule has 0 heterocycles. The van der Waals surface area contributed by atoms with Gasteiger partial charge in [-0.1, -0.05) is 12.1 Å². The highest BCUT2D eigenvalue weighted by Gasteiger charge is 2.04. The van der Waals surface area contributed by atoms with Crippen LogP contribution in [0.2, 0.25) is 0 Å². The van der Waals surface area contributed by atoms with Gasteiger partial charge in [-0.05, 0) is 42.8 Å². The third kappa shape index (κ3) is 3.84. The fourth-order valence-electron chi connectivity index (χ4n) is 1.82. The average molecular weight is 289 g/mol. The van der Waals surface area contributed by atoms with E-state index in [1.165, 1.54) is 5.56 Å². The number of hydrogen-bond donors (Lipinski definition) is 1. The zero-order valence-corrected chi connectivity index (χ0v) is 12.6. The predicted molar refractivity (Wildman–Crippen MR) is 84.6 cm³/mol. The van der Waals surface area contributed by atoms with Gasteiger partial charge in [0.05, 0.1) is 13.7 Å². The SMILES string of the molecule is CCOc1ccc(N)c(SCc2cccc(OC)c2)c1. The highest BCUT2D eigenvalue weighted by Crippen LogP contribution is 2.32. The Labute approximate surface area is 124 Å². The minimum Gasteiger partial charge on any atom is -0.497 e. The van der Waals surface area contributed by atoms with Crippen LogP contribution in [0, 0.1) is 0 Å². The highest BCUT2D eigenvalue weighted by atomic mass is 32.2. The summed E-state index contributed by atoms with van der Waals surface area (Å²) in [4.78, 5) is 1.04. The van der Waals surface area contributed by atoms with Crippen molar-refractivity contribution in [3.8, 4) is 11.5 Å². The Kier molecular flexibility index (Phi) is 5.18. The van der Waals surface area contributed by atoms with Crippen LogP contribution in [0.4, 0.5) is 5.69 Å². The maximum atomic E-state index is 6.00. The molecule has 0 amide bonds. The number of ether oxygens (including phenoxy) is 2.